The second kappa shape index (κ2) is 7.58. The topological polar surface area (TPSA) is 68.9 Å². The van der Waals surface area contributed by atoms with E-state index in [2.05, 4.69) is 33.2 Å². The molecule has 22 heavy (non-hydrogen) atoms. The minimum atomic E-state index is -0.187. The predicted octanol–water partition coefficient (Wildman–Crippen LogP) is 2.29. The molecule has 2 heterocycles. The van der Waals surface area contributed by atoms with Crippen LogP contribution in [0.2, 0.25) is 0 Å². The van der Waals surface area contributed by atoms with Crippen LogP contribution in [0.3, 0.4) is 0 Å². The number of carbonyl (C=O) groups is 1. The van der Waals surface area contributed by atoms with Crippen LogP contribution < -0.4 is 11.0 Å². The molecule has 2 rings (SSSR count). The highest BCUT2D eigenvalue weighted by molar-refractivity contribution is 9.10. The van der Waals surface area contributed by atoms with Crippen molar-refractivity contribution in [2.24, 2.45) is 0 Å². The highest BCUT2D eigenvalue weighted by atomic mass is 79.9. The van der Waals surface area contributed by atoms with Gasteiger partial charge in [-0.15, -0.1) is 0 Å². The summed E-state index contributed by atoms with van der Waals surface area (Å²) in [6.07, 6.45) is 4.44. The fraction of sp³-hybridized carbons (Fsp3) is 0.533. The van der Waals surface area contributed by atoms with Gasteiger partial charge >= 0.3 is 5.69 Å². The van der Waals surface area contributed by atoms with Crippen molar-refractivity contribution in [3.8, 4) is 0 Å². The molecule has 120 valence electrons. The van der Waals surface area contributed by atoms with Gasteiger partial charge in [0.1, 0.15) is 6.54 Å². The van der Waals surface area contributed by atoms with Gasteiger partial charge < -0.3 is 5.32 Å². The SMILES string of the molecule is CCCCNC(=O)Cn1c(=O)n(CCC)c2cc(Br)cnc21. The molecule has 0 aliphatic heterocycles. The van der Waals surface area contributed by atoms with Crippen LogP contribution in [0.25, 0.3) is 11.2 Å². The van der Waals surface area contributed by atoms with E-state index in [0.29, 0.717) is 18.7 Å². The van der Waals surface area contributed by atoms with Gasteiger partial charge in [0, 0.05) is 23.8 Å². The van der Waals surface area contributed by atoms with Gasteiger partial charge in [0.2, 0.25) is 5.91 Å². The van der Waals surface area contributed by atoms with E-state index in [1.165, 1.54) is 4.57 Å². The number of carbonyl (C=O) groups excluding carboxylic acids is 1. The third kappa shape index (κ3) is 3.58. The Hall–Kier alpha value is -1.63. The number of hydrogen-bond donors (Lipinski definition) is 1. The van der Waals surface area contributed by atoms with Gasteiger partial charge in [0.15, 0.2) is 5.65 Å². The Morgan fingerprint density at radius 3 is 2.77 bits per heavy atom. The molecule has 2 aromatic rings. The lowest BCUT2D eigenvalue weighted by Gasteiger charge is -2.05. The number of halogens is 1. The number of nitrogens with zero attached hydrogens (tertiary/aromatic N) is 3. The third-order valence-corrected chi connectivity index (χ3v) is 3.86. The number of amides is 1. The van der Waals surface area contributed by atoms with Crippen molar-refractivity contribution in [1.29, 1.82) is 0 Å². The fourth-order valence-electron chi connectivity index (χ4n) is 2.35. The molecule has 0 unspecified atom stereocenters. The van der Waals surface area contributed by atoms with Crippen LogP contribution in [-0.4, -0.2) is 26.6 Å². The first-order valence-corrected chi connectivity index (χ1v) is 8.39. The summed E-state index contributed by atoms with van der Waals surface area (Å²) in [6.45, 7) is 5.33. The molecule has 0 atom stereocenters. The van der Waals surface area contributed by atoms with Gasteiger partial charge in [0.05, 0.1) is 5.52 Å². The van der Waals surface area contributed by atoms with E-state index in [0.717, 1.165) is 29.3 Å². The Morgan fingerprint density at radius 1 is 1.32 bits per heavy atom. The summed E-state index contributed by atoms with van der Waals surface area (Å²) < 4.78 is 3.93. The first-order valence-electron chi connectivity index (χ1n) is 7.59. The molecular formula is C15H21BrN4O2. The van der Waals surface area contributed by atoms with Crippen molar-refractivity contribution in [3.05, 3.63) is 27.2 Å². The lowest BCUT2D eigenvalue weighted by Crippen LogP contribution is -2.33. The zero-order valence-electron chi connectivity index (χ0n) is 12.9. The normalized spacial score (nSPS) is 11.0. The molecule has 0 aromatic carbocycles. The second-order valence-electron chi connectivity index (χ2n) is 5.22. The van der Waals surface area contributed by atoms with Crippen molar-refractivity contribution in [2.75, 3.05) is 6.54 Å². The summed E-state index contributed by atoms with van der Waals surface area (Å²) in [7, 11) is 0. The number of rotatable bonds is 7. The number of hydrogen-bond acceptors (Lipinski definition) is 3. The molecule has 0 spiro atoms. The number of fused-ring (bicyclic) bond motifs is 1. The molecule has 0 bridgehead atoms. The maximum Gasteiger partial charge on any atom is 0.330 e. The van der Waals surface area contributed by atoms with Gasteiger partial charge in [-0.2, -0.15) is 0 Å². The molecule has 1 amide bonds. The van der Waals surface area contributed by atoms with Gasteiger partial charge in [-0.25, -0.2) is 9.78 Å². The molecule has 0 fully saturated rings. The summed E-state index contributed by atoms with van der Waals surface area (Å²) in [5.74, 6) is -0.157. The van der Waals surface area contributed by atoms with E-state index in [1.54, 1.807) is 10.8 Å². The lowest BCUT2D eigenvalue weighted by molar-refractivity contribution is -0.121. The molecule has 0 aliphatic rings. The third-order valence-electron chi connectivity index (χ3n) is 3.42. The van der Waals surface area contributed by atoms with Crippen LogP contribution in [0.4, 0.5) is 0 Å². The molecule has 0 saturated carbocycles. The smallest absolute Gasteiger partial charge is 0.330 e. The van der Waals surface area contributed by atoms with Crippen molar-refractivity contribution in [2.45, 2.75) is 46.2 Å². The summed E-state index contributed by atoms with van der Waals surface area (Å²) in [5.41, 5.74) is 1.11. The fourth-order valence-corrected chi connectivity index (χ4v) is 2.67. The van der Waals surface area contributed by atoms with Crippen LogP contribution >= 0.6 is 15.9 Å². The summed E-state index contributed by atoms with van der Waals surface area (Å²) in [6, 6.07) is 1.87. The maximum atomic E-state index is 12.5. The maximum absolute atomic E-state index is 12.5. The first kappa shape index (κ1) is 16.7. The zero-order chi connectivity index (χ0) is 16.1. The van der Waals surface area contributed by atoms with Gasteiger partial charge in [0.25, 0.3) is 0 Å². The summed E-state index contributed by atoms with van der Waals surface area (Å²) in [5, 5.41) is 2.83. The Labute approximate surface area is 137 Å². The molecule has 7 heteroatoms. The Bertz CT molecular complexity index is 720. The van der Waals surface area contributed by atoms with Crippen molar-refractivity contribution in [3.63, 3.8) is 0 Å². The summed E-state index contributed by atoms with van der Waals surface area (Å²) in [4.78, 5) is 28.9. The lowest BCUT2D eigenvalue weighted by atomic mass is 10.3. The van der Waals surface area contributed by atoms with Crippen LogP contribution in [0.1, 0.15) is 33.1 Å². The van der Waals surface area contributed by atoms with E-state index in [4.69, 9.17) is 0 Å². The van der Waals surface area contributed by atoms with E-state index >= 15 is 0 Å². The Kier molecular flexibility index (Phi) is 5.76. The van der Waals surface area contributed by atoms with E-state index in [9.17, 15) is 9.59 Å². The molecular weight excluding hydrogens is 348 g/mol. The number of pyridine rings is 1. The van der Waals surface area contributed by atoms with Crippen molar-refractivity contribution >= 4 is 33.0 Å². The highest BCUT2D eigenvalue weighted by Crippen LogP contribution is 2.17. The second-order valence-corrected chi connectivity index (χ2v) is 6.14. The minimum Gasteiger partial charge on any atom is -0.355 e. The highest BCUT2D eigenvalue weighted by Gasteiger charge is 2.16. The summed E-state index contributed by atoms with van der Waals surface area (Å²) >= 11 is 3.38. The molecule has 0 saturated heterocycles. The minimum absolute atomic E-state index is 0.00436. The molecule has 1 N–H and O–H groups in total. The quantitative estimate of drug-likeness (QED) is 0.762. The van der Waals surface area contributed by atoms with Gasteiger partial charge in [-0.05, 0) is 34.8 Å². The van der Waals surface area contributed by atoms with E-state index < -0.39 is 0 Å². The van der Waals surface area contributed by atoms with E-state index in [-0.39, 0.29) is 18.1 Å². The van der Waals surface area contributed by atoms with Crippen LogP contribution in [-0.2, 0) is 17.9 Å². The number of imidazole rings is 1. The van der Waals surface area contributed by atoms with Gasteiger partial charge in [-0.1, -0.05) is 20.3 Å². The van der Waals surface area contributed by atoms with Crippen LogP contribution in [0, 0.1) is 0 Å². The molecule has 2 aromatic heterocycles. The monoisotopic (exact) mass is 368 g/mol. The first-order chi connectivity index (χ1) is 10.6. The molecule has 0 aliphatic carbocycles. The average molecular weight is 369 g/mol. The number of unbranched alkanes of at least 4 members (excludes halogenated alkanes) is 1. The Morgan fingerprint density at radius 2 is 2.09 bits per heavy atom. The largest absolute Gasteiger partial charge is 0.355 e. The van der Waals surface area contributed by atoms with Crippen molar-refractivity contribution in [1.82, 2.24) is 19.4 Å². The standard InChI is InChI=1S/C15H21BrN4O2/c1-3-5-6-17-13(21)10-20-14-12(8-11(16)9-18-14)19(7-4-2)15(20)22/h8-9H,3-7,10H2,1-2H3,(H,17,21). The molecule has 6 nitrogen and oxygen atoms in total. The number of nitrogens with one attached hydrogen (secondary N) is 1. The number of aryl methyl sites for hydroxylation is 1. The predicted molar refractivity (Wildman–Crippen MR) is 89.9 cm³/mol. The number of aromatic nitrogens is 3. The Balaban J connectivity index is 2.35. The van der Waals surface area contributed by atoms with Crippen molar-refractivity contribution < 1.29 is 4.79 Å². The van der Waals surface area contributed by atoms with Gasteiger partial charge in [-0.3, -0.25) is 13.9 Å². The van der Waals surface area contributed by atoms with Crippen LogP contribution in [0.5, 0.6) is 0 Å². The molecule has 0 radical (unpaired) electrons. The van der Waals surface area contributed by atoms with Crippen LogP contribution in [0.15, 0.2) is 21.5 Å². The average Bonchev–Trinajstić information content (AvgIpc) is 2.73. The zero-order valence-corrected chi connectivity index (χ0v) is 14.5. The van der Waals surface area contributed by atoms with E-state index in [1.807, 2.05) is 13.0 Å².